The van der Waals surface area contributed by atoms with E-state index in [4.69, 9.17) is 9.97 Å². The number of rotatable bonds is 3. The van der Waals surface area contributed by atoms with Gasteiger partial charge >= 0.3 is 0 Å². The highest BCUT2D eigenvalue weighted by Gasteiger charge is 2.21. The molecule has 0 aliphatic carbocycles. The summed E-state index contributed by atoms with van der Waals surface area (Å²) in [6.07, 6.45) is 0. The molecular formula is C31H29N3. The van der Waals surface area contributed by atoms with Gasteiger partial charge in [-0.3, -0.25) is 0 Å². The maximum Gasteiger partial charge on any atom is 0.132 e. The Balaban J connectivity index is 1.78. The van der Waals surface area contributed by atoms with Crippen LogP contribution in [-0.2, 0) is 7.05 Å². The molecule has 0 aliphatic rings. The van der Waals surface area contributed by atoms with Crippen LogP contribution in [0.25, 0.3) is 54.7 Å². The molecule has 0 atom stereocenters. The van der Waals surface area contributed by atoms with Gasteiger partial charge in [0.25, 0.3) is 0 Å². The van der Waals surface area contributed by atoms with Gasteiger partial charge in [0.05, 0.1) is 16.7 Å². The maximum absolute atomic E-state index is 5.19. The number of fused-ring (bicyclic) bond motifs is 5. The zero-order valence-electron chi connectivity index (χ0n) is 20.4. The summed E-state index contributed by atoms with van der Waals surface area (Å²) in [6.45, 7) is 8.86. The molecule has 34 heavy (non-hydrogen) atoms. The van der Waals surface area contributed by atoms with Crippen molar-refractivity contribution in [3.05, 3.63) is 84.2 Å². The number of aryl methyl sites for hydroxylation is 1. The minimum absolute atomic E-state index is 0.236. The van der Waals surface area contributed by atoms with E-state index in [1.165, 1.54) is 43.6 Å². The third-order valence-corrected chi connectivity index (χ3v) is 7.07. The van der Waals surface area contributed by atoms with Gasteiger partial charge in [-0.15, -0.1) is 0 Å². The first-order chi connectivity index (χ1) is 16.4. The molecule has 6 aromatic rings. The topological polar surface area (TPSA) is 30.7 Å². The zero-order valence-corrected chi connectivity index (χ0v) is 20.4. The quantitative estimate of drug-likeness (QED) is 0.275. The first-order valence-corrected chi connectivity index (χ1v) is 12.1. The normalized spacial score (nSPS) is 12.2. The molecule has 0 amide bonds. The van der Waals surface area contributed by atoms with Gasteiger partial charge in [-0.1, -0.05) is 88.4 Å². The average Bonchev–Trinajstić information content (AvgIpc) is 3.12. The van der Waals surface area contributed by atoms with Crippen molar-refractivity contribution in [3.63, 3.8) is 0 Å². The molecule has 4 aromatic carbocycles. The van der Waals surface area contributed by atoms with Gasteiger partial charge in [0.1, 0.15) is 11.3 Å². The van der Waals surface area contributed by atoms with Crippen molar-refractivity contribution in [2.75, 3.05) is 0 Å². The highest BCUT2D eigenvalue weighted by Crippen LogP contribution is 2.39. The lowest BCUT2D eigenvalue weighted by Crippen LogP contribution is -2.02. The van der Waals surface area contributed by atoms with Crippen LogP contribution in [0.1, 0.15) is 50.9 Å². The first kappa shape index (κ1) is 20.9. The molecule has 0 N–H and O–H groups in total. The van der Waals surface area contributed by atoms with Crippen LogP contribution in [0.15, 0.2) is 72.8 Å². The first-order valence-electron chi connectivity index (χ1n) is 12.1. The van der Waals surface area contributed by atoms with Crippen LogP contribution in [0.2, 0.25) is 0 Å². The lowest BCUT2D eigenvalue weighted by molar-refractivity contribution is 0.783. The molecule has 0 saturated heterocycles. The SMILES string of the molecule is CC(C)c1nc(-c2ccc(C(C)C)c3ccccc23)c2c(n1)c1cc3ccccc3cc1n2C. The minimum Gasteiger partial charge on any atom is -0.340 e. The molecule has 6 rings (SSSR count). The van der Waals surface area contributed by atoms with E-state index in [1.807, 2.05) is 0 Å². The Morgan fingerprint density at radius 1 is 0.676 bits per heavy atom. The standard InChI is InChI=1S/C31H29N3/c1-18(2)22-14-15-25(24-13-9-8-12-23(22)24)28-30-29(33-31(32-28)19(3)4)26-16-20-10-6-7-11-21(20)17-27(26)34(30)5/h6-19H,1-5H3. The minimum atomic E-state index is 0.236. The molecule has 0 spiro atoms. The summed E-state index contributed by atoms with van der Waals surface area (Å²) < 4.78 is 2.28. The monoisotopic (exact) mass is 443 g/mol. The molecule has 0 saturated carbocycles. The summed E-state index contributed by atoms with van der Waals surface area (Å²) in [4.78, 5) is 10.3. The molecule has 3 heteroatoms. The molecule has 168 valence electrons. The smallest absolute Gasteiger partial charge is 0.132 e. The van der Waals surface area contributed by atoms with Crippen molar-refractivity contribution in [1.29, 1.82) is 0 Å². The zero-order chi connectivity index (χ0) is 23.6. The van der Waals surface area contributed by atoms with Crippen LogP contribution >= 0.6 is 0 Å². The molecule has 2 aromatic heterocycles. The van der Waals surface area contributed by atoms with Crippen molar-refractivity contribution >= 4 is 43.5 Å². The summed E-state index contributed by atoms with van der Waals surface area (Å²) in [6, 6.07) is 26.4. The molecule has 3 nitrogen and oxygen atoms in total. The van der Waals surface area contributed by atoms with Crippen molar-refractivity contribution in [2.24, 2.45) is 7.05 Å². The largest absolute Gasteiger partial charge is 0.340 e. The number of hydrogen-bond acceptors (Lipinski definition) is 2. The molecule has 0 aliphatic heterocycles. The van der Waals surface area contributed by atoms with Crippen molar-refractivity contribution < 1.29 is 0 Å². The third kappa shape index (κ3) is 3.03. The molecule has 0 fully saturated rings. The van der Waals surface area contributed by atoms with Gasteiger partial charge in [-0.25, -0.2) is 9.97 Å². The van der Waals surface area contributed by atoms with Crippen molar-refractivity contribution in [2.45, 2.75) is 39.5 Å². The Morgan fingerprint density at radius 2 is 1.35 bits per heavy atom. The Labute approximate surface area is 200 Å². The van der Waals surface area contributed by atoms with Gasteiger partial charge in [0.15, 0.2) is 0 Å². The second kappa shape index (κ2) is 7.66. The number of benzene rings is 4. The van der Waals surface area contributed by atoms with Gasteiger partial charge in [-0.2, -0.15) is 0 Å². The van der Waals surface area contributed by atoms with Gasteiger partial charge in [0.2, 0.25) is 0 Å². The Hall–Kier alpha value is -3.72. The Morgan fingerprint density at radius 3 is 2.06 bits per heavy atom. The number of aromatic nitrogens is 3. The van der Waals surface area contributed by atoms with E-state index in [1.54, 1.807) is 0 Å². The number of hydrogen-bond donors (Lipinski definition) is 0. The Bertz CT molecular complexity index is 1720. The number of nitrogens with zero attached hydrogens (tertiary/aromatic N) is 3. The van der Waals surface area contributed by atoms with Crippen LogP contribution in [0.3, 0.4) is 0 Å². The summed E-state index contributed by atoms with van der Waals surface area (Å²) in [7, 11) is 2.14. The molecule has 0 unspecified atom stereocenters. The Kier molecular flexibility index (Phi) is 4.70. The van der Waals surface area contributed by atoms with E-state index >= 15 is 0 Å². The van der Waals surface area contributed by atoms with Crippen LogP contribution in [0.4, 0.5) is 0 Å². The summed E-state index contributed by atoms with van der Waals surface area (Å²) >= 11 is 0. The second-order valence-corrected chi connectivity index (χ2v) is 9.96. The third-order valence-electron chi connectivity index (χ3n) is 7.07. The van der Waals surface area contributed by atoms with Gasteiger partial charge < -0.3 is 4.57 Å². The van der Waals surface area contributed by atoms with Gasteiger partial charge in [-0.05, 0) is 45.2 Å². The second-order valence-electron chi connectivity index (χ2n) is 9.96. The van der Waals surface area contributed by atoms with Gasteiger partial charge in [0, 0.05) is 23.9 Å². The van der Waals surface area contributed by atoms with Crippen molar-refractivity contribution in [3.8, 4) is 11.3 Å². The predicted octanol–water partition coefficient (Wildman–Crippen LogP) is 8.34. The van der Waals surface area contributed by atoms with Crippen LogP contribution in [0, 0.1) is 0 Å². The average molecular weight is 444 g/mol. The van der Waals surface area contributed by atoms with E-state index in [2.05, 4.69) is 112 Å². The van der Waals surface area contributed by atoms with E-state index in [-0.39, 0.29) is 5.92 Å². The summed E-state index contributed by atoms with van der Waals surface area (Å²) in [5.41, 5.74) is 6.88. The fourth-order valence-electron chi connectivity index (χ4n) is 5.27. The fourth-order valence-corrected chi connectivity index (χ4v) is 5.27. The van der Waals surface area contributed by atoms with Crippen molar-refractivity contribution in [1.82, 2.24) is 14.5 Å². The lowest BCUT2D eigenvalue weighted by Gasteiger charge is -2.16. The lowest BCUT2D eigenvalue weighted by atomic mass is 9.92. The fraction of sp³-hybridized carbons (Fsp3) is 0.226. The van der Waals surface area contributed by atoms with Crippen LogP contribution in [-0.4, -0.2) is 14.5 Å². The van der Waals surface area contributed by atoms with E-state index < -0.39 is 0 Å². The highest BCUT2D eigenvalue weighted by atomic mass is 15.0. The van der Waals surface area contributed by atoms with Crippen LogP contribution in [0.5, 0.6) is 0 Å². The molecule has 0 bridgehead atoms. The van der Waals surface area contributed by atoms with E-state index in [0.717, 1.165) is 22.6 Å². The molecule has 2 heterocycles. The molecule has 0 radical (unpaired) electrons. The maximum atomic E-state index is 5.19. The molecular weight excluding hydrogens is 414 g/mol. The highest BCUT2D eigenvalue weighted by molar-refractivity contribution is 6.15. The van der Waals surface area contributed by atoms with E-state index in [9.17, 15) is 0 Å². The summed E-state index contributed by atoms with van der Waals surface area (Å²) in [5, 5.41) is 6.22. The predicted molar refractivity (Wildman–Crippen MR) is 145 cm³/mol. The summed E-state index contributed by atoms with van der Waals surface area (Å²) in [5.74, 6) is 1.58. The van der Waals surface area contributed by atoms with E-state index in [0.29, 0.717) is 5.92 Å². The van der Waals surface area contributed by atoms with Crippen LogP contribution < -0.4 is 0 Å².